The van der Waals surface area contributed by atoms with E-state index < -0.39 is 24.0 Å². The molecule has 1 fully saturated rings. The minimum Gasteiger partial charge on any atom is -0.444 e. The quantitative estimate of drug-likeness (QED) is 0.712. The normalized spacial score (nSPS) is 14.2. The average molecular weight is 409 g/mol. The topological polar surface area (TPSA) is 105 Å². The monoisotopic (exact) mass is 409 g/mol. The van der Waals surface area contributed by atoms with E-state index in [2.05, 4.69) is 10.6 Å². The molecule has 2 aromatic carbocycles. The third kappa shape index (κ3) is 5.22. The second-order valence-corrected chi connectivity index (χ2v) is 6.88. The number of carbonyl (C=O) groups excluding carboxylic acids is 4. The summed E-state index contributed by atoms with van der Waals surface area (Å²) >= 11 is 0. The molecule has 1 unspecified atom stereocenters. The number of nitrogens with zero attached hydrogens (tertiary/aromatic N) is 1. The van der Waals surface area contributed by atoms with E-state index in [9.17, 15) is 19.2 Å². The maximum absolute atomic E-state index is 12.8. The SMILES string of the molecule is CNC(=O)NC(=O)C(OC(=O)c1cccc(CN2CCCC2=O)c1)c1ccccc1. The largest absolute Gasteiger partial charge is 0.444 e. The number of carbonyl (C=O) groups is 4. The van der Waals surface area contributed by atoms with Crippen LogP contribution in [0.1, 0.15) is 40.4 Å². The molecule has 1 atom stereocenters. The number of benzene rings is 2. The summed E-state index contributed by atoms with van der Waals surface area (Å²) in [6, 6.07) is 14.5. The van der Waals surface area contributed by atoms with Gasteiger partial charge in [-0.25, -0.2) is 9.59 Å². The predicted octanol–water partition coefficient (Wildman–Crippen LogP) is 2.16. The standard InChI is InChI=1S/C22H23N3O5/c1-23-22(29)24-20(27)19(16-8-3-2-4-9-16)30-21(28)17-10-5-7-15(13-17)14-25-12-6-11-18(25)26/h2-5,7-10,13,19H,6,11-12,14H2,1H3,(H2,23,24,27,29). The molecule has 0 bridgehead atoms. The highest BCUT2D eigenvalue weighted by atomic mass is 16.5. The van der Waals surface area contributed by atoms with Crippen molar-refractivity contribution in [1.29, 1.82) is 0 Å². The van der Waals surface area contributed by atoms with Crippen LogP contribution in [0.25, 0.3) is 0 Å². The Balaban J connectivity index is 1.76. The van der Waals surface area contributed by atoms with Gasteiger partial charge in [0.1, 0.15) is 0 Å². The maximum Gasteiger partial charge on any atom is 0.339 e. The minimum atomic E-state index is -1.29. The first-order chi connectivity index (χ1) is 14.5. The fraction of sp³-hybridized carbons (Fsp3) is 0.273. The van der Waals surface area contributed by atoms with Gasteiger partial charge in [0.2, 0.25) is 12.0 Å². The maximum atomic E-state index is 12.8. The first kappa shape index (κ1) is 21.0. The molecule has 1 aliphatic rings. The van der Waals surface area contributed by atoms with Gasteiger partial charge in [0.05, 0.1) is 5.56 Å². The molecule has 156 valence electrons. The first-order valence-corrected chi connectivity index (χ1v) is 9.63. The zero-order valence-electron chi connectivity index (χ0n) is 16.6. The van der Waals surface area contributed by atoms with E-state index in [1.807, 2.05) is 6.07 Å². The summed E-state index contributed by atoms with van der Waals surface area (Å²) in [6.45, 7) is 1.11. The molecule has 2 aromatic rings. The summed E-state index contributed by atoms with van der Waals surface area (Å²) in [7, 11) is 1.38. The van der Waals surface area contributed by atoms with Crippen LogP contribution in [0.3, 0.4) is 0 Å². The molecule has 8 nitrogen and oxygen atoms in total. The van der Waals surface area contributed by atoms with Gasteiger partial charge in [-0.15, -0.1) is 0 Å². The zero-order chi connectivity index (χ0) is 21.5. The Bertz CT molecular complexity index is 945. The van der Waals surface area contributed by atoms with Crippen molar-refractivity contribution in [2.75, 3.05) is 13.6 Å². The number of urea groups is 1. The molecule has 0 saturated carbocycles. The zero-order valence-corrected chi connectivity index (χ0v) is 16.6. The van der Waals surface area contributed by atoms with Crippen LogP contribution < -0.4 is 10.6 Å². The van der Waals surface area contributed by atoms with E-state index >= 15 is 0 Å². The Kier molecular flexibility index (Phi) is 6.79. The van der Waals surface area contributed by atoms with Crippen LogP contribution in [0.15, 0.2) is 54.6 Å². The molecule has 30 heavy (non-hydrogen) atoms. The summed E-state index contributed by atoms with van der Waals surface area (Å²) in [6.07, 6.45) is 0.0839. The van der Waals surface area contributed by atoms with E-state index in [1.165, 1.54) is 7.05 Å². The smallest absolute Gasteiger partial charge is 0.339 e. The third-order valence-electron chi connectivity index (χ3n) is 4.74. The first-order valence-electron chi connectivity index (χ1n) is 9.63. The number of hydrogen-bond acceptors (Lipinski definition) is 5. The van der Waals surface area contributed by atoms with E-state index in [1.54, 1.807) is 53.4 Å². The third-order valence-corrected chi connectivity index (χ3v) is 4.74. The van der Waals surface area contributed by atoms with Crippen molar-refractivity contribution in [2.45, 2.75) is 25.5 Å². The van der Waals surface area contributed by atoms with E-state index in [0.29, 0.717) is 25.1 Å². The van der Waals surface area contributed by atoms with Crippen LogP contribution in [-0.4, -0.2) is 42.3 Å². The molecule has 0 aliphatic carbocycles. The molecule has 8 heteroatoms. The predicted molar refractivity (Wildman–Crippen MR) is 108 cm³/mol. The number of imide groups is 1. The van der Waals surface area contributed by atoms with Gasteiger partial charge in [-0.3, -0.25) is 14.9 Å². The van der Waals surface area contributed by atoms with Gasteiger partial charge in [-0.05, 0) is 24.1 Å². The lowest BCUT2D eigenvalue weighted by molar-refractivity contribution is -0.129. The number of ether oxygens (including phenoxy) is 1. The number of likely N-dealkylation sites (tertiary alicyclic amines) is 1. The van der Waals surface area contributed by atoms with Crippen molar-refractivity contribution in [3.8, 4) is 0 Å². The lowest BCUT2D eigenvalue weighted by atomic mass is 10.1. The molecule has 2 N–H and O–H groups in total. The molecule has 0 aromatic heterocycles. The van der Waals surface area contributed by atoms with E-state index in [-0.39, 0.29) is 11.5 Å². The van der Waals surface area contributed by atoms with Crippen LogP contribution in [0.4, 0.5) is 4.79 Å². The van der Waals surface area contributed by atoms with Gasteiger partial charge in [0.25, 0.3) is 5.91 Å². The molecule has 1 heterocycles. The average Bonchev–Trinajstić information content (AvgIpc) is 3.16. The highest BCUT2D eigenvalue weighted by Crippen LogP contribution is 2.21. The number of esters is 1. The van der Waals surface area contributed by atoms with Crippen molar-refractivity contribution in [2.24, 2.45) is 0 Å². The second-order valence-electron chi connectivity index (χ2n) is 6.88. The number of rotatable bonds is 6. The molecule has 0 spiro atoms. The van der Waals surface area contributed by atoms with Gasteiger partial charge in [-0.2, -0.15) is 0 Å². The number of nitrogens with one attached hydrogen (secondary N) is 2. The molecule has 1 saturated heterocycles. The van der Waals surface area contributed by atoms with E-state index in [0.717, 1.165) is 12.0 Å². The highest BCUT2D eigenvalue weighted by Gasteiger charge is 2.27. The van der Waals surface area contributed by atoms with Crippen molar-refractivity contribution >= 4 is 23.8 Å². The van der Waals surface area contributed by atoms with Crippen molar-refractivity contribution in [3.05, 3.63) is 71.3 Å². The van der Waals surface area contributed by atoms with Gasteiger partial charge >= 0.3 is 12.0 Å². The molecule has 0 radical (unpaired) electrons. The molecule has 4 amide bonds. The van der Waals surface area contributed by atoms with Gasteiger partial charge < -0.3 is 15.0 Å². The van der Waals surface area contributed by atoms with Crippen LogP contribution in [-0.2, 0) is 20.9 Å². The molecular weight excluding hydrogens is 386 g/mol. The Hall–Kier alpha value is -3.68. The fourth-order valence-corrected chi connectivity index (χ4v) is 3.20. The van der Waals surface area contributed by atoms with Gasteiger partial charge in [0.15, 0.2) is 0 Å². The highest BCUT2D eigenvalue weighted by molar-refractivity contribution is 5.99. The summed E-state index contributed by atoms with van der Waals surface area (Å²) in [5.74, 6) is -1.36. The van der Waals surface area contributed by atoms with Crippen molar-refractivity contribution in [1.82, 2.24) is 15.5 Å². The lowest BCUT2D eigenvalue weighted by Gasteiger charge is -2.18. The second kappa shape index (κ2) is 9.69. The lowest BCUT2D eigenvalue weighted by Crippen LogP contribution is -2.41. The summed E-state index contributed by atoms with van der Waals surface area (Å²) in [4.78, 5) is 50.4. The summed E-state index contributed by atoms with van der Waals surface area (Å²) in [5, 5.41) is 4.43. The number of hydrogen-bond donors (Lipinski definition) is 2. The van der Waals surface area contributed by atoms with Gasteiger partial charge in [-0.1, -0.05) is 42.5 Å². The summed E-state index contributed by atoms with van der Waals surface area (Å²) in [5.41, 5.74) is 1.49. The van der Waals surface area contributed by atoms with Crippen LogP contribution >= 0.6 is 0 Å². The Labute approximate surface area is 174 Å². The van der Waals surface area contributed by atoms with Gasteiger partial charge in [0, 0.05) is 32.1 Å². The Morgan fingerprint density at radius 2 is 1.87 bits per heavy atom. The van der Waals surface area contributed by atoms with Crippen molar-refractivity contribution < 1.29 is 23.9 Å². The Morgan fingerprint density at radius 3 is 2.53 bits per heavy atom. The van der Waals surface area contributed by atoms with Crippen molar-refractivity contribution in [3.63, 3.8) is 0 Å². The summed E-state index contributed by atoms with van der Waals surface area (Å²) < 4.78 is 5.46. The Morgan fingerprint density at radius 1 is 1.10 bits per heavy atom. The van der Waals surface area contributed by atoms with Crippen LogP contribution in [0.2, 0.25) is 0 Å². The molecule has 3 rings (SSSR count). The number of amides is 4. The van der Waals surface area contributed by atoms with Crippen LogP contribution in [0, 0.1) is 0 Å². The fourth-order valence-electron chi connectivity index (χ4n) is 3.20. The minimum absolute atomic E-state index is 0.0954. The van der Waals surface area contributed by atoms with E-state index in [4.69, 9.17) is 4.74 Å². The molecular formula is C22H23N3O5. The van der Waals surface area contributed by atoms with Crippen LogP contribution in [0.5, 0.6) is 0 Å². The molecule has 1 aliphatic heterocycles.